The maximum absolute atomic E-state index is 9.75. The Hall–Kier alpha value is -3.36. The van der Waals surface area contributed by atoms with Gasteiger partial charge < -0.3 is 44.3 Å². The number of benzene rings is 6. The van der Waals surface area contributed by atoms with E-state index in [4.69, 9.17) is 10.5 Å². The molecule has 0 bridgehead atoms. The average Bonchev–Trinajstić information content (AvgIpc) is 3.69. The van der Waals surface area contributed by atoms with E-state index in [1.807, 2.05) is 0 Å². The van der Waals surface area contributed by atoms with Gasteiger partial charge in [0.1, 0.15) is 25.1 Å². The summed E-state index contributed by atoms with van der Waals surface area (Å²) in [6, 6.07) is 66.1. The minimum atomic E-state index is -6.00. The van der Waals surface area contributed by atoms with Crippen molar-refractivity contribution in [3.05, 3.63) is 179 Å². The van der Waals surface area contributed by atoms with E-state index < -0.39 is 46.2 Å². The fraction of sp³-hybridized carbons (Fsp3) is 0.208. The van der Waals surface area contributed by atoms with Crippen molar-refractivity contribution in [3.63, 3.8) is 0 Å². The molecule has 2 aliphatic rings. The Kier molecular flexibility index (Phi) is 29.8. The molecule has 0 aliphatic carbocycles. The van der Waals surface area contributed by atoms with Crippen LogP contribution in [0.1, 0.15) is 13.8 Å². The topological polar surface area (TPSA) is 54.1 Å². The van der Waals surface area contributed by atoms with Gasteiger partial charge in [-0.15, -0.1) is 0 Å². The third kappa shape index (κ3) is 26.1. The molecule has 4 atom stereocenters. The quantitative estimate of drug-likeness (QED) is 0.0947. The Morgan fingerprint density at radius 2 is 0.565 bits per heavy atom. The number of halogens is 10. The van der Waals surface area contributed by atoms with Gasteiger partial charge in [-0.05, 0) is 97.1 Å². The molecule has 368 valence electrons. The Bertz CT molecular complexity index is 2100. The number of anilines is 2. The minimum Gasteiger partial charge on any atom is -0.418 e. The Morgan fingerprint density at radius 1 is 0.391 bits per heavy atom. The van der Waals surface area contributed by atoms with Gasteiger partial charge in [-0.1, -0.05) is 105 Å². The molecule has 6 aromatic carbocycles. The molecule has 6 aromatic rings. The molecule has 4 nitrogen and oxygen atoms in total. The zero-order chi connectivity index (χ0) is 50.0. The van der Waals surface area contributed by atoms with Crippen LogP contribution >= 0.6 is 63.5 Å². The first-order chi connectivity index (χ1) is 32.4. The molecule has 69 heavy (non-hydrogen) atoms. The van der Waals surface area contributed by atoms with E-state index in [-0.39, 0.29) is 16.5 Å². The smallest absolute Gasteiger partial charge is 0.418 e. The first-order valence-corrected chi connectivity index (χ1v) is 30.6. The van der Waals surface area contributed by atoms with Gasteiger partial charge in [0.25, 0.3) is 0 Å². The maximum atomic E-state index is 9.75. The van der Waals surface area contributed by atoms with Crippen molar-refractivity contribution in [2.45, 2.75) is 13.8 Å². The standard InChI is InChI=1S/2C22H22BrNP2.2C2H3N.2BF4.Ni/c2*23-19-11-13-20(14-12-19)24-17-25(21-7-3-1-4-8-21)15-16-26(18-24)22-9-5-2-6-10-22;2*1-2-3;2*2-1(3,4)5;/h2*1-14H,15-18H2;2*1H3;;;/q;;;;2*-1;+2/p+4. The first kappa shape index (κ1) is 61.8. The van der Waals surface area contributed by atoms with Crippen LogP contribution in [0, 0.1) is 22.7 Å². The van der Waals surface area contributed by atoms with Gasteiger partial charge in [0.2, 0.25) is 0 Å². The van der Waals surface area contributed by atoms with Crippen molar-refractivity contribution < 1.29 is 51.0 Å². The fourth-order valence-electron chi connectivity index (χ4n) is 7.26. The van der Waals surface area contributed by atoms with E-state index in [1.165, 1.54) is 75.0 Å². The van der Waals surface area contributed by atoms with Gasteiger partial charge in [0.05, 0.1) is 89.7 Å². The minimum absolute atomic E-state index is 0. The maximum Gasteiger partial charge on any atom is 2.00 e. The molecule has 2 fully saturated rings. The molecule has 21 heteroatoms. The molecule has 2 saturated heterocycles. The number of rotatable bonds is 6. The van der Waals surface area contributed by atoms with Crippen molar-refractivity contribution in [3.8, 4) is 12.1 Å². The third-order valence-corrected chi connectivity index (χ3v) is 23.2. The Labute approximate surface area is 433 Å². The van der Waals surface area contributed by atoms with Gasteiger partial charge in [-0.2, -0.15) is 10.5 Å². The van der Waals surface area contributed by atoms with E-state index in [0.717, 1.165) is 8.95 Å². The van der Waals surface area contributed by atoms with Crippen molar-refractivity contribution in [2.75, 3.05) is 59.6 Å². The summed E-state index contributed by atoms with van der Waals surface area (Å²) in [4.78, 5) is 5.34. The molecular formula is C48H54B2Br2F8N4NiP4+4. The second-order valence-electron chi connectivity index (χ2n) is 15.0. The van der Waals surface area contributed by atoms with Crippen LogP contribution in [0.2, 0.25) is 0 Å². The molecule has 0 aromatic heterocycles. The zero-order valence-electron chi connectivity index (χ0n) is 37.9. The number of hydrogen-bond acceptors (Lipinski definition) is 4. The van der Waals surface area contributed by atoms with Gasteiger partial charge in [0.15, 0.2) is 0 Å². The average molecular weight is 1200 g/mol. The first-order valence-electron chi connectivity index (χ1n) is 21.4. The summed E-state index contributed by atoms with van der Waals surface area (Å²) in [6.45, 7) is 2.86. The van der Waals surface area contributed by atoms with Gasteiger partial charge in [0, 0.05) is 34.2 Å². The predicted octanol–water partition coefficient (Wildman–Crippen LogP) is 14.2. The summed E-state index contributed by atoms with van der Waals surface area (Å²) in [7, 11) is -14.3. The van der Waals surface area contributed by atoms with Crippen LogP contribution in [-0.4, -0.2) is 64.3 Å². The largest absolute Gasteiger partial charge is 2.00 e. The van der Waals surface area contributed by atoms with Crippen LogP contribution in [0.25, 0.3) is 0 Å². The SMILES string of the molecule is Brc1ccc(N2C[PH+](c3ccccc3)CC[PH+](c3ccccc3)C2)cc1.Brc1ccc(N2C[PH+](c3ccccc3)CC[PH+](c3ccccc3)C2)cc1.CC#N.CC#N.F[B-](F)(F)F.F[B-](F)(F)F.[Ni+2]. The van der Waals surface area contributed by atoms with Crippen molar-refractivity contribution in [1.82, 2.24) is 0 Å². The molecule has 0 saturated carbocycles. The van der Waals surface area contributed by atoms with Crippen LogP contribution in [0.3, 0.4) is 0 Å². The fourth-order valence-corrected chi connectivity index (χ4v) is 21.3. The molecule has 2 aliphatic heterocycles. The number of hydrogen-bond donors (Lipinski definition) is 0. The normalized spacial score (nSPS) is 17.5. The van der Waals surface area contributed by atoms with Crippen LogP contribution in [0.15, 0.2) is 179 Å². The summed E-state index contributed by atoms with van der Waals surface area (Å²) >= 11 is 7.15. The molecular weight excluding hydrogens is 1150 g/mol. The van der Waals surface area contributed by atoms with E-state index in [0.29, 0.717) is 0 Å². The summed E-state index contributed by atoms with van der Waals surface area (Å²) in [5.41, 5.74) is 2.74. The third-order valence-electron chi connectivity index (χ3n) is 10.1. The number of nitrogens with zero attached hydrogens (tertiary/aromatic N) is 4. The molecule has 0 spiro atoms. The predicted molar refractivity (Wildman–Crippen MR) is 293 cm³/mol. The van der Waals surface area contributed by atoms with Crippen molar-refractivity contribution in [2.24, 2.45) is 0 Å². The van der Waals surface area contributed by atoms with Crippen LogP contribution in [0.5, 0.6) is 0 Å². The van der Waals surface area contributed by atoms with Crippen LogP contribution in [0.4, 0.5) is 45.9 Å². The van der Waals surface area contributed by atoms with Gasteiger partial charge >= 0.3 is 31.0 Å². The molecule has 2 heterocycles. The van der Waals surface area contributed by atoms with E-state index in [2.05, 4.69) is 212 Å². The van der Waals surface area contributed by atoms with Crippen LogP contribution in [-0.2, 0) is 16.5 Å². The molecule has 0 amide bonds. The summed E-state index contributed by atoms with van der Waals surface area (Å²) in [5, 5.41) is 21.0. The monoisotopic (exact) mass is 1200 g/mol. The molecule has 8 rings (SSSR count). The van der Waals surface area contributed by atoms with Crippen LogP contribution < -0.4 is 31.0 Å². The Morgan fingerprint density at radius 3 is 0.739 bits per heavy atom. The second kappa shape index (κ2) is 33.3. The second-order valence-corrected chi connectivity index (χ2v) is 27.2. The summed E-state index contributed by atoms with van der Waals surface area (Å²) < 4.78 is 80.3. The zero-order valence-corrected chi connectivity index (χ0v) is 46.0. The number of nitriles is 2. The summed E-state index contributed by atoms with van der Waals surface area (Å²) in [6.07, 6.45) is 10.3. The van der Waals surface area contributed by atoms with E-state index in [1.54, 1.807) is 33.4 Å². The molecule has 0 radical (unpaired) electrons. The van der Waals surface area contributed by atoms with Crippen molar-refractivity contribution >= 4 is 111 Å². The van der Waals surface area contributed by atoms with Gasteiger partial charge in [-0.25, -0.2) is 0 Å². The van der Waals surface area contributed by atoms with E-state index in [9.17, 15) is 34.5 Å². The Balaban J connectivity index is 0.000000358. The van der Waals surface area contributed by atoms with E-state index >= 15 is 0 Å². The summed E-state index contributed by atoms with van der Waals surface area (Å²) in [5.74, 6) is 0. The van der Waals surface area contributed by atoms with Gasteiger partial charge in [-0.3, -0.25) is 0 Å². The van der Waals surface area contributed by atoms with Crippen molar-refractivity contribution in [1.29, 1.82) is 10.5 Å². The molecule has 4 unspecified atom stereocenters. The molecule has 0 N–H and O–H groups in total.